The fourth-order valence-corrected chi connectivity index (χ4v) is 2.09. The monoisotopic (exact) mass is 317 g/mol. The molecule has 2 aromatic rings. The highest BCUT2D eigenvalue weighted by atomic mass is 16.5. The predicted molar refractivity (Wildman–Crippen MR) is 89.5 cm³/mol. The van der Waals surface area contributed by atoms with E-state index in [0.29, 0.717) is 17.2 Å². The third-order valence-electron chi connectivity index (χ3n) is 3.32. The lowest BCUT2D eigenvalue weighted by Crippen LogP contribution is -2.15. The summed E-state index contributed by atoms with van der Waals surface area (Å²) in [4.78, 5) is 0. The molecule has 0 fully saturated rings. The van der Waals surface area contributed by atoms with Gasteiger partial charge in [0.2, 0.25) is 0 Å². The Morgan fingerprint density at radius 3 is 2.04 bits per heavy atom. The lowest BCUT2D eigenvalue weighted by atomic mass is 10.2. The number of nitrogens with one attached hydrogen (secondary N) is 1. The standard InChI is InChI=1S/C18H23NO4/c1-21-16-10-17(22-2)12-18(11-16)23-15-6-4-14(5-7-15)13-19-8-3-9-20/h4-7,10-12,19-20H,3,8-9,13H2,1-2H3. The van der Waals surface area contributed by atoms with E-state index in [0.717, 1.165) is 25.3 Å². The molecule has 0 bridgehead atoms. The minimum absolute atomic E-state index is 0.212. The molecule has 0 saturated carbocycles. The van der Waals surface area contributed by atoms with E-state index < -0.39 is 0 Å². The van der Waals surface area contributed by atoms with Gasteiger partial charge in [-0.2, -0.15) is 0 Å². The molecule has 23 heavy (non-hydrogen) atoms. The largest absolute Gasteiger partial charge is 0.496 e. The first-order valence-electron chi connectivity index (χ1n) is 7.56. The van der Waals surface area contributed by atoms with Gasteiger partial charge in [0, 0.05) is 31.4 Å². The highest BCUT2D eigenvalue weighted by Crippen LogP contribution is 2.30. The average Bonchev–Trinajstić information content (AvgIpc) is 2.59. The molecule has 0 amide bonds. The van der Waals surface area contributed by atoms with Crippen molar-refractivity contribution in [3.05, 3.63) is 48.0 Å². The summed E-state index contributed by atoms with van der Waals surface area (Å²) in [5, 5.41) is 12.0. The molecule has 5 nitrogen and oxygen atoms in total. The van der Waals surface area contributed by atoms with Crippen LogP contribution in [-0.2, 0) is 6.54 Å². The Bertz CT molecular complexity index is 576. The van der Waals surface area contributed by atoms with Crippen molar-refractivity contribution in [1.82, 2.24) is 5.32 Å². The summed E-state index contributed by atoms with van der Waals surface area (Å²) in [6, 6.07) is 13.3. The van der Waals surface area contributed by atoms with Gasteiger partial charge in [-0.25, -0.2) is 0 Å². The van der Waals surface area contributed by atoms with Gasteiger partial charge >= 0.3 is 0 Å². The van der Waals surface area contributed by atoms with Gasteiger partial charge < -0.3 is 24.6 Å². The maximum atomic E-state index is 8.74. The third kappa shape index (κ3) is 5.47. The van der Waals surface area contributed by atoms with Crippen LogP contribution in [0.25, 0.3) is 0 Å². The van der Waals surface area contributed by atoms with E-state index in [1.54, 1.807) is 20.3 Å². The molecular weight excluding hydrogens is 294 g/mol. The SMILES string of the molecule is COc1cc(OC)cc(Oc2ccc(CNCCCO)cc2)c1. The van der Waals surface area contributed by atoms with Crippen LogP contribution in [0.2, 0.25) is 0 Å². The number of aliphatic hydroxyl groups is 1. The highest BCUT2D eigenvalue weighted by molar-refractivity contribution is 5.44. The summed E-state index contributed by atoms with van der Waals surface area (Å²) < 4.78 is 16.3. The zero-order valence-electron chi connectivity index (χ0n) is 13.5. The van der Waals surface area contributed by atoms with E-state index in [4.69, 9.17) is 19.3 Å². The van der Waals surface area contributed by atoms with E-state index in [-0.39, 0.29) is 6.61 Å². The summed E-state index contributed by atoms with van der Waals surface area (Å²) in [6.07, 6.45) is 0.763. The first-order valence-corrected chi connectivity index (χ1v) is 7.56. The van der Waals surface area contributed by atoms with Crippen LogP contribution < -0.4 is 19.5 Å². The first-order chi connectivity index (χ1) is 11.2. The molecule has 0 aliphatic heterocycles. The molecule has 124 valence electrons. The molecule has 0 unspecified atom stereocenters. The van der Waals surface area contributed by atoms with E-state index in [1.165, 1.54) is 5.56 Å². The quantitative estimate of drug-likeness (QED) is 0.696. The van der Waals surface area contributed by atoms with Crippen LogP contribution in [0.3, 0.4) is 0 Å². The molecule has 0 radical (unpaired) electrons. The molecule has 0 spiro atoms. The highest BCUT2D eigenvalue weighted by Gasteiger charge is 2.04. The van der Waals surface area contributed by atoms with Crippen LogP contribution in [0.15, 0.2) is 42.5 Å². The molecule has 0 saturated heterocycles. The number of ether oxygens (including phenoxy) is 3. The van der Waals surface area contributed by atoms with Crippen LogP contribution in [0.4, 0.5) is 0 Å². The van der Waals surface area contributed by atoms with Crippen LogP contribution in [0, 0.1) is 0 Å². The van der Waals surface area contributed by atoms with Crippen LogP contribution in [0.5, 0.6) is 23.0 Å². The Labute approximate surface area is 136 Å². The molecule has 0 atom stereocenters. The molecule has 2 rings (SSSR count). The molecule has 0 aliphatic carbocycles. The Kier molecular flexibility index (Phi) is 6.72. The van der Waals surface area contributed by atoms with Gasteiger partial charge in [0.25, 0.3) is 0 Å². The minimum Gasteiger partial charge on any atom is -0.496 e. The van der Waals surface area contributed by atoms with Crippen molar-refractivity contribution in [2.24, 2.45) is 0 Å². The smallest absolute Gasteiger partial charge is 0.134 e. The van der Waals surface area contributed by atoms with E-state index in [9.17, 15) is 0 Å². The molecule has 0 aromatic heterocycles. The van der Waals surface area contributed by atoms with E-state index >= 15 is 0 Å². The number of hydrogen-bond donors (Lipinski definition) is 2. The summed E-state index contributed by atoms with van der Waals surface area (Å²) in [5.41, 5.74) is 1.17. The van der Waals surface area contributed by atoms with Gasteiger partial charge in [0.05, 0.1) is 14.2 Å². The molecular formula is C18H23NO4. The fourth-order valence-electron chi connectivity index (χ4n) is 2.09. The lowest BCUT2D eigenvalue weighted by Gasteiger charge is -2.10. The second-order valence-corrected chi connectivity index (χ2v) is 5.05. The van der Waals surface area contributed by atoms with Gasteiger partial charge in [-0.1, -0.05) is 12.1 Å². The Hall–Kier alpha value is -2.24. The van der Waals surface area contributed by atoms with Crippen molar-refractivity contribution < 1.29 is 19.3 Å². The average molecular weight is 317 g/mol. The van der Waals surface area contributed by atoms with Crippen molar-refractivity contribution in [1.29, 1.82) is 0 Å². The molecule has 2 aromatic carbocycles. The van der Waals surface area contributed by atoms with Crippen LogP contribution in [-0.4, -0.2) is 32.5 Å². The maximum Gasteiger partial charge on any atom is 0.134 e. The lowest BCUT2D eigenvalue weighted by molar-refractivity contribution is 0.286. The summed E-state index contributed by atoms with van der Waals surface area (Å²) in [5.74, 6) is 2.78. The Morgan fingerprint density at radius 1 is 0.870 bits per heavy atom. The second-order valence-electron chi connectivity index (χ2n) is 5.05. The van der Waals surface area contributed by atoms with Gasteiger partial charge in [0.15, 0.2) is 0 Å². The predicted octanol–water partition coefficient (Wildman–Crippen LogP) is 2.97. The molecule has 2 N–H and O–H groups in total. The number of benzene rings is 2. The Morgan fingerprint density at radius 2 is 1.48 bits per heavy atom. The van der Waals surface area contributed by atoms with Crippen LogP contribution in [0.1, 0.15) is 12.0 Å². The molecule has 5 heteroatoms. The zero-order valence-corrected chi connectivity index (χ0v) is 13.5. The Balaban J connectivity index is 1.97. The maximum absolute atomic E-state index is 8.74. The van der Waals surface area contributed by atoms with E-state index in [1.807, 2.05) is 36.4 Å². The number of hydrogen-bond acceptors (Lipinski definition) is 5. The third-order valence-corrected chi connectivity index (χ3v) is 3.32. The summed E-state index contributed by atoms with van der Waals surface area (Å²) in [6.45, 7) is 1.79. The summed E-state index contributed by atoms with van der Waals surface area (Å²) >= 11 is 0. The number of aliphatic hydroxyl groups excluding tert-OH is 1. The normalized spacial score (nSPS) is 10.4. The van der Waals surface area contributed by atoms with Gasteiger partial charge in [-0.3, -0.25) is 0 Å². The minimum atomic E-state index is 0.212. The molecule has 0 heterocycles. The fraction of sp³-hybridized carbons (Fsp3) is 0.333. The van der Waals surface area contributed by atoms with Gasteiger partial charge in [0.1, 0.15) is 23.0 Å². The number of methoxy groups -OCH3 is 2. The topological polar surface area (TPSA) is 60.0 Å². The van der Waals surface area contributed by atoms with Crippen molar-refractivity contribution in [3.63, 3.8) is 0 Å². The summed E-state index contributed by atoms with van der Waals surface area (Å²) in [7, 11) is 3.22. The van der Waals surface area contributed by atoms with Crippen molar-refractivity contribution in [2.75, 3.05) is 27.4 Å². The first kappa shape index (κ1) is 17.1. The zero-order chi connectivity index (χ0) is 16.5. The van der Waals surface area contributed by atoms with Crippen molar-refractivity contribution in [3.8, 4) is 23.0 Å². The van der Waals surface area contributed by atoms with Crippen LogP contribution >= 0.6 is 0 Å². The van der Waals surface area contributed by atoms with E-state index in [2.05, 4.69) is 5.32 Å². The van der Waals surface area contributed by atoms with Crippen molar-refractivity contribution in [2.45, 2.75) is 13.0 Å². The molecule has 0 aliphatic rings. The van der Waals surface area contributed by atoms with Crippen molar-refractivity contribution >= 4 is 0 Å². The van der Waals surface area contributed by atoms with Gasteiger partial charge in [-0.05, 0) is 30.7 Å². The number of rotatable bonds is 9. The van der Waals surface area contributed by atoms with Gasteiger partial charge in [-0.15, -0.1) is 0 Å². The second kappa shape index (κ2) is 9.02.